The second kappa shape index (κ2) is 4.73. The molecule has 0 aromatic rings. The van der Waals surface area contributed by atoms with Gasteiger partial charge < -0.3 is 0 Å². The maximum atomic E-state index is 13.3. The molecule has 0 spiro atoms. The van der Waals surface area contributed by atoms with E-state index >= 15 is 0 Å². The highest BCUT2D eigenvalue weighted by molar-refractivity contribution is 7.78. The molecule has 1 aliphatic heterocycles. The van der Waals surface area contributed by atoms with E-state index in [0.29, 0.717) is 6.08 Å². The molecule has 0 aliphatic carbocycles. The summed E-state index contributed by atoms with van der Waals surface area (Å²) in [6.07, 6.45) is 0.391. The predicted octanol–water partition coefficient (Wildman–Crippen LogP) is 6.91. The molecule has 0 fully saturated rings. The van der Waals surface area contributed by atoms with Crippen LogP contribution in [0.1, 0.15) is 0 Å². The van der Waals surface area contributed by atoms with Crippen LogP contribution in [0.2, 0.25) is 0 Å². The summed E-state index contributed by atoms with van der Waals surface area (Å²) in [6, 6.07) is 0. The summed E-state index contributed by atoms with van der Waals surface area (Å²) in [5, 5.41) is 0. The average Bonchev–Trinajstić information content (AvgIpc) is 1.91. The lowest BCUT2D eigenvalue weighted by molar-refractivity contribution is 0.566. The summed E-state index contributed by atoms with van der Waals surface area (Å²) in [5.41, 5.74) is 0. The molecule has 1 aliphatic rings. The van der Waals surface area contributed by atoms with E-state index in [1.165, 1.54) is 9.03 Å². The second-order valence-corrected chi connectivity index (χ2v) is 9.20. The number of hydrogen-bond donors (Lipinski definition) is 0. The van der Waals surface area contributed by atoms with Gasteiger partial charge in [0, 0.05) is 0 Å². The summed E-state index contributed by atoms with van der Waals surface area (Å²) in [6.45, 7) is 0. The molecule has 0 aromatic carbocycles. The van der Waals surface area contributed by atoms with E-state index in [1.807, 2.05) is 4.76 Å². The van der Waals surface area contributed by atoms with E-state index in [4.69, 9.17) is 0 Å². The van der Waals surface area contributed by atoms with Crippen molar-refractivity contribution in [2.75, 3.05) is 0 Å². The smallest absolute Gasteiger partial charge is 0.211 e. The van der Waals surface area contributed by atoms with Crippen molar-refractivity contribution in [2.24, 2.45) is 22.8 Å². The first kappa shape index (κ1) is 15.9. The molecule has 0 bridgehead atoms. The zero-order valence-corrected chi connectivity index (χ0v) is 11.2. The van der Waals surface area contributed by atoms with Gasteiger partial charge in [-0.25, -0.2) is 4.79 Å². The molecule has 104 valence electrons. The summed E-state index contributed by atoms with van der Waals surface area (Å²) in [4.78, 5) is 9.73. The zero-order valence-electron chi connectivity index (χ0n) is 7.58. The third-order valence-corrected chi connectivity index (χ3v) is 8.36. The molecule has 0 aromatic heterocycles. The molecule has 1 rings (SSSR count). The van der Waals surface area contributed by atoms with Crippen LogP contribution in [0.25, 0.3) is 0 Å². The Balaban J connectivity index is 3.79. The van der Waals surface area contributed by atoms with Crippen molar-refractivity contribution >= 4 is 37.2 Å². The van der Waals surface area contributed by atoms with E-state index in [9.17, 15) is 34.2 Å². The molecule has 18 heavy (non-hydrogen) atoms. The van der Waals surface area contributed by atoms with Crippen LogP contribution in [0.3, 0.4) is 0 Å². The fraction of sp³-hybridized carbons (Fsp3) is 0. The highest BCUT2D eigenvalue weighted by Gasteiger charge is 2.39. The van der Waals surface area contributed by atoms with Gasteiger partial charge in [0.2, 0.25) is 6.08 Å². The summed E-state index contributed by atoms with van der Waals surface area (Å²) in [5.74, 6) is 0. The highest BCUT2D eigenvalue weighted by Crippen LogP contribution is 2.82. The fourth-order valence-electron chi connectivity index (χ4n) is 0.696. The summed E-state index contributed by atoms with van der Waals surface area (Å²) < 4.78 is 98.2. The van der Waals surface area contributed by atoms with Crippen LogP contribution in [0.4, 0.5) is 29.4 Å². The lowest BCUT2D eigenvalue weighted by Crippen LogP contribution is -1.70. The van der Waals surface area contributed by atoms with Gasteiger partial charge in [0.15, 0.2) is 0 Å². The van der Waals surface area contributed by atoms with Gasteiger partial charge in [-0.2, -0.15) is 4.20 Å². The molecular formula is CF7N5OP4. The molecule has 0 saturated heterocycles. The largest absolute Gasteiger partial charge is 0.425 e. The van der Waals surface area contributed by atoms with E-state index in [1.54, 1.807) is 9.03 Å². The van der Waals surface area contributed by atoms with Crippen LogP contribution in [0, 0.1) is 0 Å². The van der Waals surface area contributed by atoms with Crippen molar-refractivity contribution in [3.05, 3.63) is 0 Å². The zero-order chi connectivity index (χ0) is 14.2. The first-order chi connectivity index (χ1) is 7.89. The molecule has 6 nitrogen and oxygen atoms in total. The molecule has 0 amide bonds. The predicted molar refractivity (Wildman–Crippen MR) is 53.3 cm³/mol. The Bertz CT molecular complexity index is 624. The van der Waals surface area contributed by atoms with Crippen molar-refractivity contribution in [3.63, 3.8) is 0 Å². The second-order valence-electron chi connectivity index (χ2n) is 2.41. The van der Waals surface area contributed by atoms with Crippen LogP contribution in [0.5, 0.6) is 0 Å². The number of hydrogen-bond acceptors (Lipinski definition) is 6. The van der Waals surface area contributed by atoms with E-state index in [-0.39, 0.29) is 0 Å². The van der Waals surface area contributed by atoms with Crippen molar-refractivity contribution in [1.29, 1.82) is 0 Å². The number of nitrogens with zero attached hydrogens (tertiary/aromatic N) is 5. The first-order valence-electron chi connectivity index (χ1n) is 3.41. The van der Waals surface area contributed by atoms with Crippen molar-refractivity contribution in [3.8, 4) is 0 Å². The maximum Gasteiger partial charge on any atom is 0.425 e. The molecule has 0 radical (unpaired) electrons. The SMILES string of the molecule is O=C=NP1(F)=NP(F)(F)=NP(F)(F)=NP(F)(F)=N1. The van der Waals surface area contributed by atoms with E-state index in [2.05, 4.69) is 0 Å². The van der Waals surface area contributed by atoms with Gasteiger partial charge in [-0.1, -0.05) is 0 Å². The highest BCUT2D eigenvalue weighted by atomic mass is 31.3. The van der Waals surface area contributed by atoms with Gasteiger partial charge >= 0.3 is 31.1 Å². The van der Waals surface area contributed by atoms with Crippen LogP contribution < -0.4 is 0 Å². The van der Waals surface area contributed by atoms with Gasteiger partial charge in [0.05, 0.1) is 0 Å². The monoisotopic (exact) mass is 355 g/mol. The minimum absolute atomic E-state index is 0.391. The topological polar surface area (TPSA) is 78.9 Å². The lowest BCUT2D eigenvalue weighted by atomic mass is 11.7. The third-order valence-electron chi connectivity index (χ3n) is 1.04. The number of carbonyl (C=O) groups excluding carboxylic acids is 1. The Morgan fingerprint density at radius 1 is 0.722 bits per heavy atom. The summed E-state index contributed by atoms with van der Waals surface area (Å²) >= 11 is 0. The van der Waals surface area contributed by atoms with E-state index < -0.39 is 31.1 Å². The summed E-state index contributed by atoms with van der Waals surface area (Å²) in [7, 11) is -24.6. The number of isocyanates is 1. The number of halogens is 7. The standard InChI is InChI=1S/CF7N5OP4/c2-15(3)10-16(4,5)12-18(8,9-1-14)13-17(6,7)11-15. The Morgan fingerprint density at radius 3 is 1.56 bits per heavy atom. The van der Waals surface area contributed by atoms with Gasteiger partial charge in [-0.15, -0.1) is 48.0 Å². The minimum Gasteiger partial charge on any atom is -0.211 e. The average molecular weight is 355 g/mol. The molecular weight excluding hydrogens is 355 g/mol. The molecule has 0 saturated carbocycles. The van der Waals surface area contributed by atoms with Crippen molar-refractivity contribution in [2.45, 2.75) is 0 Å². The molecule has 1 unspecified atom stereocenters. The quantitative estimate of drug-likeness (QED) is 0.218. The van der Waals surface area contributed by atoms with Gasteiger partial charge in [0.25, 0.3) is 0 Å². The molecule has 0 N–H and O–H groups in total. The van der Waals surface area contributed by atoms with Gasteiger partial charge in [-0.3, -0.25) is 0 Å². The maximum absolute atomic E-state index is 13.3. The molecule has 17 heteroatoms. The van der Waals surface area contributed by atoms with Gasteiger partial charge in [0.1, 0.15) is 0 Å². The number of rotatable bonds is 1. The van der Waals surface area contributed by atoms with Crippen LogP contribution in [-0.2, 0) is 4.79 Å². The van der Waals surface area contributed by atoms with Crippen molar-refractivity contribution in [1.82, 2.24) is 0 Å². The minimum atomic E-state index is -6.35. The fourth-order valence-corrected chi connectivity index (χ4v) is 7.24. The molecule has 1 atom stereocenters. The Morgan fingerprint density at radius 2 is 1.11 bits per heavy atom. The Labute approximate surface area is 95.0 Å². The van der Waals surface area contributed by atoms with Crippen LogP contribution in [0.15, 0.2) is 22.8 Å². The van der Waals surface area contributed by atoms with Crippen molar-refractivity contribution < 1.29 is 34.2 Å². The normalized spacial score (nSPS) is 32.2. The van der Waals surface area contributed by atoms with E-state index in [0.717, 1.165) is 0 Å². The van der Waals surface area contributed by atoms with Gasteiger partial charge in [-0.05, 0) is 0 Å². The Kier molecular flexibility index (Phi) is 4.17. The van der Waals surface area contributed by atoms with Crippen LogP contribution in [-0.4, -0.2) is 6.08 Å². The Hall–Kier alpha value is -0.190. The first-order valence-corrected chi connectivity index (χ1v) is 9.38. The lowest BCUT2D eigenvalue weighted by Gasteiger charge is -2.10. The molecule has 1 heterocycles. The third kappa shape index (κ3) is 4.48. The van der Waals surface area contributed by atoms with Crippen LogP contribution >= 0.6 is 31.1 Å².